The Hall–Kier alpha value is -3.67. The zero-order valence-electron chi connectivity index (χ0n) is 17.1. The van der Waals surface area contributed by atoms with Crippen LogP contribution in [0.25, 0.3) is 10.8 Å². The van der Waals surface area contributed by atoms with Crippen molar-refractivity contribution in [2.75, 3.05) is 11.9 Å². The van der Waals surface area contributed by atoms with Crippen molar-refractivity contribution >= 4 is 34.0 Å². The minimum Gasteiger partial charge on any atom is -0.483 e. The van der Waals surface area contributed by atoms with Gasteiger partial charge in [0, 0.05) is 16.8 Å². The van der Waals surface area contributed by atoms with Crippen LogP contribution in [-0.2, 0) is 16.0 Å². The highest BCUT2D eigenvalue weighted by molar-refractivity contribution is 6.05. The van der Waals surface area contributed by atoms with Crippen LogP contribution < -0.4 is 15.5 Å². The molecule has 3 aromatic carbocycles. The third-order valence-electron chi connectivity index (χ3n) is 4.54. The lowest BCUT2D eigenvalue weighted by atomic mass is 10.1. The Kier molecular flexibility index (Phi) is 7.16. The standard InChI is InChI=1S/C24H25N3O3/c1-3-18-11-13-20(14-12-18)25-23(28)15-17(2)26-27-24(29)16-30-22-10-6-8-19-7-4-5-9-21(19)22/h4-14H,3,15-16H2,1-2H3,(H,25,28)(H,27,29)/b26-17+. The van der Waals surface area contributed by atoms with Crippen molar-refractivity contribution < 1.29 is 14.3 Å². The zero-order chi connectivity index (χ0) is 21.3. The van der Waals surface area contributed by atoms with Gasteiger partial charge in [0.2, 0.25) is 5.91 Å². The second-order valence-electron chi connectivity index (χ2n) is 6.92. The highest BCUT2D eigenvalue weighted by Gasteiger charge is 2.07. The number of nitrogens with one attached hydrogen (secondary N) is 2. The van der Waals surface area contributed by atoms with Gasteiger partial charge < -0.3 is 10.1 Å². The Morgan fingerprint density at radius 3 is 2.43 bits per heavy atom. The van der Waals surface area contributed by atoms with Crippen LogP contribution >= 0.6 is 0 Å². The van der Waals surface area contributed by atoms with E-state index < -0.39 is 5.91 Å². The number of aryl methyl sites for hydroxylation is 1. The lowest BCUT2D eigenvalue weighted by Gasteiger charge is -2.09. The molecule has 6 nitrogen and oxygen atoms in total. The Bertz CT molecular complexity index is 1050. The summed E-state index contributed by atoms with van der Waals surface area (Å²) in [5.74, 6) is 0.0528. The number of anilines is 1. The molecule has 3 rings (SSSR count). The highest BCUT2D eigenvalue weighted by atomic mass is 16.5. The molecule has 0 spiro atoms. The first-order valence-electron chi connectivity index (χ1n) is 9.86. The van der Waals surface area contributed by atoms with Crippen molar-refractivity contribution in [1.82, 2.24) is 5.43 Å². The van der Waals surface area contributed by atoms with Crippen LogP contribution in [-0.4, -0.2) is 24.1 Å². The average molecular weight is 403 g/mol. The summed E-state index contributed by atoms with van der Waals surface area (Å²) < 4.78 is 5.63. The van der Waals surface area contributed by atoms with Gasteiger partial charge in [-0.1, -0.05) is 55.5 Å². The number of rotatable bonds is 8. The predicted molar refractivity (Wildman–Crippen MR) is 120 cm³/mol. The minimum absolute atomic E-state index is 0.0833. The number of ether oxygens (including phenoxy) is 1. The van der Waals surface area contributed by atoms with Gasteiger partial charge in [-0.3, -0.25) is 9.59 Å². The third-order valence-corrected chi connectivity index (χ3v) is 4.54. The van der Waals surface area contributed by atoms with Gasteiger partial charge in [-0.15, -0.1) is 0 Å². The molecule has 0 atom stereocenters. The summed E-state index contributed by atoms with van der Waals surface area (Å²) >= 11 is 0. The molecule has 2 N–H and O–H groups in total. The van der Waals surface area contributed by atoms with Gasteiger partial charge in [0.1, 0.15) is 5.75 Å². The molecule has 0 aliphatic heterocycles. The zero-order valence-corrected chi connectivity index (χ0v) is 17.1. The van der Waals surface area contributed by atoms with Crippen LogP contribution in [0.4, 0.5) is 5.69 Å². The molecule has 0 saturated carbocycles. The molecule has 0 saturated heterocycles. The first kappa shape index (κ1) is 21.0. The summed E-state index contributed by atoms with van der Waals surface area (Å²) in [6.07, 6.45) is 1.03. The molecule has 0 unspecified atom stereocenters. The van der Waals surface area contributed by atoms with Crippen LogP contribution in [0.2, 0.25) is 0 Å². The van der Waals surface area contributed by atoms with Gasteiger partial charge in [0.25, 0.3) is 5.91 Å². The smallest absolute Gasteiger partial charge is 0.277 e. The highest BCUT2D eigenvalue weighted by Crippen LogP contribution is 2.24. The molecule has 0 fully saturated rings. The topological polar surface area (TPSA) is 79.8 Å². The molecule has 0 radical (unpaired) electrons. The molecule has 0 bridgehead atoms. The van der Waals surface area contributed by atoms with Crippen LogP contribution in [0, 0.1) is 0 Å². The Morgan fingerprint density at radius 2 is 1.67 bits per heavy atom. The fraction of sp³-hybridized carbons (Fsp3) is 0.208. The lowest BCUT2D eigenvalue weighted by molar-refractivity contribution is -0.123. The van der Waals surface area contributed by atoms with E-state index in [9.17, 15) is 9.59 Å². The van der Waals surface area contributed by atoms with E-state index >= 15 is 0 Å². The van der Waals surface area contributed by atoms with E-state index in [1.165, 1.54) is 5.56 Å². The lowest BCUT2D eigenvalue weighted by Crippen LogP contribution is -2.26. The number of nitrogens with zero attached hydrogens (tertiary/aromatic N) is 1. The Morgan fingerprint density at radius 1 is 0.933 bits per heavy atom. The van der Waals surface area contributed by atoms with Crippen LogP contribution in [0.15, 0.2) is 71.8 Å². The number of benzene rings is 3. The molecule has 30 heavy (non-hydrogen) atoms. The van der Waals surface area contributed by atoms with E-state index in [4.69, 9.17) is 4.74 Å². The number of carbonyl (C=O) groups excluding carboxylic acids is 2. The van der Waals surface area contributed by atoms with Gasteiger partial charge in [-0.2, -0.15) is 5.10 Å². The maximum absolute atomic E-state index is 12.1. The summed E-state index contributed by atoms with van der Waals surface area (Å²) in [4.78, 5) is 24.2. The first-order chi connectivity index (χ1) is 14.5. The van der Waals surface area contributed by atoms with E-state index in [0.29, 0.717) is 11.5 Å². The van der Waals surface area contributed by atoms with E-state index in [2.05, 4.69) is 22.8 Å². The number of hydrazone groups is 1. The molecule has 154 valence electrons. The van der Waals surface area contributed by atoms with Gasteiger partial charge in [-0.25, -0.2) is 5.43 Å². The fourth-order valence-electron chi connectivity index (χ4n) is 2.96. The van der Waals surface area contributed by atoms with Gasteiger partial charge in [0.15, 0.2) is 6.61 Å². The molecule has 6 heteroatoms. The maximum atomic E-state index is 12.1. The molecule has 3 aromatic rings. The van der Waals surface area contributed by atoms with E-state index in [1.54, 1.807) is 6.92 Å². The SMILES string of the molecule is CCc1ccc(NC(=O)C/C(C)=N/NC(=O)COc2cccc3ccccc23)cc1. The number of fused-ring (bicyclic) bond motifs is 1. The van der Waals surface area contributed by atoms with E-state index in [1.807, 2.05) is 66.7 Å². The quantitative estimate of drug-likeness (QED) is 0.435. The van der Waals surface area contributed by atoms with Crippen molar-refractivity contribution in [3.05, 3.63) is 72.3 Å². The summed E-state index contributed by atoms with van der Waals surface area (Å²) in [5.41, 5.74) is 4.87. The van der Waals surface area contributed by atoms with Crippen molar-refractivity contribution in [2.45, 2.75) is 26.7 Å². The molecular weight excluding hydrogens is 378 g/mol. The number of amides is 2. The van der Waals surface area contributed by atoms with Crippen LogP contribution in [0.3, 0.4) is 0 Å². The minimum atomic E-state index is -0.391. The van der Waals surface area contributed by atoms with E-state index in [-0.39, 0.29) is 18.9 Å². The molecule has 0 aromatic heterocycles. The Balaban J connectivity index is 1.47. The van der Waals surface area contributed by atoms with E-state index in [0.717, 1.165) is 22.9 Å². The number of hydrogen-bond acceptors (Lipinski definition) is 4. The molecule has 0 aliphatic rings. The van der Waals surface area contributed by atoms with Crippen LogP contribution in [0.5, 0.6) is 5.75 Å². The van der Waals surface area contributed by atoms with Crippen molar-refractivity contribution in [2.24, 2.45) is 5.10 Å². The normalized spacial score (nSPS) is 11.2. The largest absolute Gasteiger partial charge is 0.483 e. The number of carbonyl (C=O) groups is 2. The summed E-state index contributed by atoms with van der Waals surface area (Å²) in [5, 5.41) is 8.78. The predicted octanol–water partition coefficient (Wildman–Crippen LogP) is 4.30. The second kappa shape index (κ2) is 10.2. The molecule has 2 amide bonds. The fourth-order valence-corrected chi connectivity index (χ4v) is 2.96. The summed E-state index contributed by atoms with van der Waals surface area (Å²) in [6, 6.07) is 21.2. The van der Waals surface area contributed by atoms with Crippen molar-refractivity contribution in [3.63, 3.8) is 0 Å². The molecule has 0 aliphatic carbocycles. The van der Waals surface area contributed by atoms with Gasteiger partial charge in [-0.05, 0) is 42.5 Å². The second-order valence-corrected chi connectivity index (χ2v) is 6.92. The maximum Gasteiger partial charge on any atom is 0.277 e. The monoisotopic (exact) mass is 403 g/mol. The summed E-state index contributed by atoms with van der Waals surface area (Å²) in [7, 11) is 0. The van der Waals surface area contributed by atoms with Gasteiger partial charge in [0.05, 0.1) is 6.42 Å². The van der Waals surface area contributed by atoms with Crippen LogP contribution in [0.1, 0.15) is 25.8 Å². The molecule has 0 heterocycles. The Labute approximate surface area is 175 Å². The van der Waals surface area contributed by atoms with Crippen molar-refractivity contribution in [3.8, 4) is 5.75 Å². The van der Waals surface area contributed by atoms with Gasteiger partial charge >= 0.3 is 0 Å². The average Bonchev–Trinajstić information content (AvgIpc) is 2.76. The number of hydrogen-bond donors (Lipinski definition) is 2. The summed E-state index contributed by atoms with van der Waals surface area (Å²) in [6.45, 7) is 3.60. The molecular formula is C24H25N3O3. The third kappa shape index (κ3) is 5.91. The van der Waals surface area contributed by atoms with Crippen molar-refractivity contribution in [1.29, 1.82) is 0 Å². The first-order valence-corrected chi connectivity index (χ1v) is 9.86.